The molecule has 0 N–H and O–H groups in total. The summed E-state index contributed by atoms with van der Waals surface area (Å²) in [5, 5.41) is 0. The van der Waals surface area contributed by atoms with Gasteiger partial charge in [-0.25, -0.2) is 0 Å². The number of aryl methyl sites for hydroxylation is 1. The summed E-state index contributed by atoms with van der Waals surface area (Å²) in [6.45, 7) is 2.06. The van der Waals surface area contributed by atoms with Gasteiger partial charge in [0.2, 0.25) is 0 Å². The van der Waals surface area contributed by atoms with Gasteiger partial charge in [-0.2, -0.15) is 0 Å². The summed E-state index contributed by atoms with van der Waals surface area (Å²) in [6, 6.07) is 4.05. The zero-order valence-corrected chi connectivity index (χ0v) is 6.95. The second-order valence-electron chi connectivity index (χ2n) is 2.85. The van der Waals surface area contributed by atoms with E-state index in [2.05, 4.69) is 6.92 Å². The molecule has 0 saturated carbocycles. The van der Waals surface area contributed by atoms with Gasteiger partial charge in [0.1, 0.15) is 6.29 Å². The Bertz CT molecular complexity index is 239. The van der Waals surface area contributed by atoms with Crippen molar-refractivity contribution in [1.82, 2.24) is 4.57 Å². The molecule has 0 aliphatic carbocycles. The maximum absolute atomic E-state index is 10.2. The van der Waals surface area contributed by atoms with E-state index in [-0.39, 0.29) is 0 Å². The number of nitrogens with zero attached hydrogens (tertiary/aromatic N) is 1. The van der Waals surface area contributed by atoms with Crippen LogP contribution in [0.15, 0.2) is 18.3 Å². The van der Waals surface area contributed by atoms with Crippen LogP contribution in [0.25, 0.3) is 0 Å². The Kier molecular flexibility index (Phi) is 2.47. The van der Waals surface area contributed by atoms with Gasteiger partial charge in [-0.1, -0.05) is 6.92 Å². The summed E-state index contributed by atoms with van der Waals surface area (Å²) in [6.07, 6.45) is 3.58. The minimum atomic E-state index is 0.340. The van der Waals surface area contributed by atoms with E-state index in [0.717, 1.165) is 6.29 Å². The van der Waals surface area contributed by atoms with Crippen molar-refractivity contribution < 1.29 is 4.79 Å². The summed E-state index contributed by atoms with van der Waals surface area (Å²) in [5.74, 6) is 0.340. The molecule has 1 aromatic rings. The van der Waals surface area contributed by atoms with Crippen LogP contribution >= 0.6 is 0 Å². The Morgan fingerprint density at radius 1 is 1.73 bits per heavy atom. The van der Waals surface area contributed by atoms with Crippen molar-refractivity contribution in [1.29, 1.82) is 0 Å². The maximum atomic E-state index is 10.2. The van der Waals surface area contributed by atoms with Crippen LogP contribution in [0.1, 0.15) is 25.0 Å². The Hall–Kier alpha value is -1.05. The van der Waals surface area contributed by atoms with Gasteiger partial charge in [-0.15, -0.1) is 0 Å². The zero-order valence-electron chi connectivity index (χ0n) is 6.95. The van der Waals surface area contributed by atoms with Crippen molar-refractivity contribution in [2.75, 3.05) is 0 Å². The zero-order chi connectivity index (χ0) is 8.27. The Labute approximate surface area is 66.8 Å². The number of rotatable bonds is 3. The van der Waals surface area contributed by atoms with Gasteiger partial charge in [-0.05, 0) is 12.1 Å². The molecule has 11 heavy (non-hydrogen) atoms. The predicted molar refractivity (Wildman–Crippen MR) is 44.5 cm³/mol. The minimum Gasteiger partial charge on any atom is -0.354 e. The molecule has 0 amide bonds. The lowest BCUT2D eigenvalue weighted by molar-refractivity contribution is -0.108. The molecule has 2 heteroatoms. The minimum absolute atomic E-state index is 0.340. The van der Waals surface area contributed by atoms with Crippen molar-refractivity contribution in [2.24, 2.45) is 7.05 Å². The number of aromatic nitrogens is 1. The van der Waals surface area contributed by atoms with Crippen LogP contribution in [-0.2, 0) is 11.8 Å². The lowest BCUT2D eigenvalue weighted by atomic mass is 10.1. The molecule has 1 atom stereocenters. The highest BCUT2D eigenvalue weighted by Crippen LogP contribution is 2.16. The highest BCUT2D eigenvalue weighted by atomic mass is 16.1. The highest BCUT2D eigenvalue weighted by molar-refractivity contribution is 5.51. The van der Waals surface area contributed by atoms with Gasteiger partial charge < -0.3 is 9.36 Å². The third kappa shape index (κ3) is 1.70. The van der Waals surface area contributed by atoms with E-state index in [0.29, 0.717) is 12.3 Å². The van der Waals surface area contributed by atoms with Crippen molar-refractivity contribution in [2.45, 2.75) is 19.3 Å². The number of carbonyl (C=O) groups is 1. The standard InChI is InChI=1S/C9H13NO/c1-8(5-7-11)9-4-3-6-10(9)2/h3-4,6-8H,5H2,1-2H3/t8-/m1/s1. The fourth-order valence-electron chi connectivity index (χ4n) is 1.25. The highest BCUT2D eigenvalue weighted by Gasteiger charge is 2.06. The van der Waals surface area contributed by atoms with Gasteiger partial charge in [-0.3, -0.25) is 0 Å². The molecule has 1 rings (SSSR count). The lowest BCUT2D eigenvalue weighted by Gasteiger charge is -2.08. The van der Waals surface area contributed by atoms with E-state index in [4.69, 9.17) is 0 Å². The van der Waals surface area contributed by atoms with Gasteiger partial charge in [0.05, 0.1) is 0 Å². The van der Waals surface area contributed by atoms with Crippen LogP contribution in [0, 0.1) is 0 Å². The van der Waals surface area contributed by atoms with Crippen molar-refractivity contribution in [3.63, 3.8) is 0 Å². The van der Waals surface area contributed by atoms with E-state index in [9.17, 15) is 4.79 Å². The molecule has 0 saturated heterocycles. The average Bonchev–Trinajstić information content (AvgIpc) is 2.36. The molecule has 2 nitrogen and oxygen atoms in total. The van der Waals surface area contributed by atoms with Crippen LogP contribution in [0.5, 0.6) is 0 Å². The second kappa shape index (κ2) is 3.37. The van der Waals surface area contributed by atoms with E-state index in [1.165, 1.54) is 5.69 Å². The van der Waals surface area contributed by atoms with E-state index in [1.807, 2.05) is 29.9 Å². The monoisotopic (exact) mass is 151 g/mol. The molecule has 60 valence electrons. The first-order chi connectivity index (χ1) is 5.25. The first kappa shape index (κ1) is 8.05. The van der Waals surface area contributed by atoms with Crippen LogP contribution in [-0.4, -0.2) is 10.9 Å². The Balaban J connectivity index is 2.74. The summed E-state index contributed by atoms with van der Waals surface area (Å²) < 4.78 is 2.05. The molecule has 1 heterocycles. The first-order valence-electron chi connectivity index (χ1n) is 3.80. The topological polar surface area (TPSA) is 22.0 Å². The molecule has 0 unspecified atom stereocenters. The summed E-state index contributed by atoms with van der Waals surface area (Å²) in [4.78, 5) is 10.2. The number of aldehydes is 1. The summed E-state index contributed by atoms with van der Waals surface area (Å²) >= 11 is 0. The fraction of sp³-hybridized carbons (Fsp3) is 0.444. The molecular weight excluding hydrogens is 138 g/mol. The third-order valence-corrected chi connectivity index (χ3v) is 1.94. The number of carbonyl (C=O) groups excluding carboxylic acids is 1. The van der Waals surface area contributed by atoms with Gasteiger partial charge in [0, 0.05) is 31.3 Å². The van der Waals surface area contributed by atoms with Crippen LogP contribution in [0.4, 0.5) is 0 Å². The summed E-state index contributed by atoms with van der Waals surface area (Å²) in [7, 11) is 2.00. The molecule has 0 aliphatic rings. The normalized spacial score (nSPS) is 12.9. The van der Waals surface area contributed by atoms with Crippen molar-refractivity contribution >= 4 is 6.29 Å². The predicted octanol–water partition coefficient (Wildman–Crippen LogP) is 1.72. The van der Waals surface area contributed by atoms with Gasteiger partial charge in [0.25, 0.3) is 0 Å². The summed E-state index contributed by atoms with van der Waals surface area (Å²) in [5.41, 5.74) is 1.22. The van der Waals surface area contributed by atoms with Crippen molar-refractivity contribution in [3.05, 3.63) is 24.0 Å². The molecule has 0 bridgehead atoms. The van der Waals surface area contributed by atoms with Crippen LogP contribution < -0.4 is 0 Å². The number of hydrogen-bond donors (Lipinski definition) is 0. The van der Waals surface area contributed by atoms with Gasteiger partial charge in [0.15, 0.2) is 0 Å². The van der Waals surface area contributed by atoms with Crippen molar-refractivity contribution in [3.8, 4) is 0 Å². The first-order valence-corrected chi connectivity index (χ1v) is 3.80. The maximum Gasteiger partial charge on any atom is 0.120 e. The largest absolute Gasteiger partial charge is 0.354 e. The smallest absolute Gasteiger partial charge is 0.120 e. The Morgan fingerprint density at radius 3 is 2.91 bits per heavy atom. The molecule has 1 aromatic heterocycles. The molecule has 0 aliphatic heterocycles. The van der Waals surface area contributed by atoms with E-state index in [1.54, 1.807) is 0 Å². The molecule has 0 radical (unpaired) electrons. The van der Waals surface area contributed by atoms with E-state index < -0.39 is 0 Å². The van der Waals surface area contributed by atoms with Crippen LogP contribution in [0.3, 0.4) is 0 Å². The third-order valence-electron chi connectivity index (χ3n) is 1.94. The quantitative estimate of drug-likeness (QED) is 0.603. The van der Waals surface area contributed by atoms with Gasteiger partial charge >= 0.3 is 0 Å². The molecule has 0 fully saturated rings. The molecular formula is C9H13NO. The number of hydrogen-bond acceptors (Lipinski definition) is 1. The van der Waals surface area contributed by atoms with E-state index >= 15 is 0 Å². The molecule has 0 aromatic carbocycles. The average molecular weight is 151 g/mol. The second-order valence-corrected chi connectivity index (χ2v) is 2.85. The SMILES string of the molecule is C[C@H](CC=O)c1cccn1C. The molecule has 0 spiro atoms. The lowest BCUT2D eigenvalue weighted by Crippen LogP contribution is -2.00. The Morgan fingerprint density at radius 2 is 2.45 bits per heavy atom. The van der Waals surface area contributed by atoms with Crippen LogP contribution in [0.2, 0.25) is 0 Å². The fourth-order valence-corrected chi connectivity index (χ4v) is 1.25.